The van der Waals surface area contributed by atoms with Gasteiger partial charge in [0.2, 0.25) is 5.91 Å². The summed E-state index contributed by atoms with van der Waals surface area (Å²) in [7, 11) is 0. The lowest BCUT2D eigenvalue weighted by atomic mass is 10.0. The number of nitrogens with zero attached hydrogens (tertiary/aromatic N) is 1. The van der Waals surface area contributed by atoms with Crippen LogP contribution in [0.4, 0.5) is 0 Å². The van der Waals surface area contributed by atoms with Gasteiger partial charge in [0.15, 0.2) is 11.5 Å². The second kappa shape index (κ2) is 10.2. The molecule has 1 amide bonds. The van der Waals surface area contributed by atoms with Crippen molar-refractivity contribution in [1.82, 2.24) is 10.2 Å². The first-order valence-corrected chi connectivity index (χ1v) is 10.9. The van der Waals surface area contributed by atoms with E-state index in [-0.39, 0.29) is 11.9 Å². The number of hydrogen-bond donors (Lipinski definition) is 1. The summed E-state index contributed by atoms with van der Waals surface area (Å²) in [6, 6.07) is 11.8. The second-order valence-electron chi connectivity index (χ2n) is 7.75. The fraction of sp³-hybridized carbons (Fsp3) is 0.375. The van der Waals surface area contributed by atoms with Crippen LogP contribution in [0.25, 0.3) is 6.08 Å². The normalized spacial score (nSPS) is 17.5. The third kappa shape index (κ3) is 5.79. The van der Waals surface area contributed by atoms with Gasteiger partial charge < -0.3 is 19.5 Å². The first-order valence-electron chi connectivity index (χ1n) is 10.5. The van der Waals surface area contributed by atoms with E-state index in [1.54, 1.807) is 12.1 Å². The standard InChI is InChI=1S/C24H27ClN2O4/c1-17-2-5-19(6-3-17)21(16-27-8-10-29-11-9-27)26-23(28)7-4-18-14-20(25)24-22(15-18)30-12-13-31-24/h2-7,14-15,21H,8-13,16H2,1H3,(H,26,28)/b7-4+. The molecule has 1 saturated heterocycles. The minimum atomic E-state index is -0.162. The van der Waals surface area contributed by atoms with Crippen molar-refractivity contribution >= 4 is 23.6 Å². The highest BCUT2D eigenvalue weighted by Gasteiger charge is 2.20. The summed E-state index contributed by atoms with van der Waals surface area (Å²) in [5.74, 6) is 0.993. The summed E-state index contributed by atoms with van der Waals surface area (Å²) in [6.07, 6.45) is 3.27. The van der Waals surface area contributed by atoms with Gasteiger partial charge >= 0.3 is 0 Å². The number of amides is 1. The molecule has 2 aliphatic rings. The van der Waals surface area contributed by atoms with Crippen molar-refractivity contribution in [1.29, 1.82) is 0 Å². The van der Waals surface area contributed by atoms with Crippen molar-refractivity contribution in [2.45, 2.75) is 13.0 Å². The first kappa shape index (κ1) is 21.7. The van der Waals surface area contributed by atoms with Gasteiger partial charge in [-0.25, -0.2) is 0 Å². The van der Waals surface area contributed by atoms with Crippen LogP contribution in [0.3, 0.4) is 0 Å². The summed E-state index contributed by atoms with van der Waals surface area (Å²) in [5.41, 5.74) is 3.06. The number of fused-ring (bicyclic) bond motifs is 1. The lowest BCUT2D eigenvalue weighted by Gasteiger charge is -2.31. The molecule has 6 nitrogen and oxygen atoms in total. The Bertz CT molecular complexity index is 939. The Kier molecular flexibility index (Phi) is 7.12. The van der Waals surface area contributed by atoms with Crippen LogP contribution in [0.5, 0.6) is 11.5 Å². The lowest BCUT2D eigenvalue weighted by molar-refractivity contribution is -0.117. The Morgan fingerprint density at radius 2 is 1.87 bits per heavy atom. The monoisotopic (exact) mass is 442 g/mol. The number of morpholine rings is 1. The number of nitrogens with one attached hydrogen (secondary N) is 1. The predicted molar refractivity (Wildman–Crippen MR) is 121 cm³/mol. The molecule has 164 valence electrons. The third-order valence-corrected chi connectivity index (χ3v) is 5.67. The topological polar surface area (TPSA) is 60.0 Å². The van der Waals surface area contributed by atoms with Crippen LogP contribution in [0, 0.1) is 6.92 Å². The SMILES string of the molecule is Cc1ccc(C(CN2CCOCC2)NC(=O)/C=C/c2cc(Cl)c3c(c2)OCCO3)cc1. The molecule has 1 atom stereocenters. The van der Waals surface area contributed by atoms with Gasteiger partial charge in [-0.3, -0.25) is 9.69 Å². The summed E-state index contributed by atoms with van der Waals surface area (Å²) in [5, 5.41) is 3.62. The second-order valence-corrected chi connectivity index (χ2v) is 8.15. The van der Waals surface area contributed by atoms with E-state index in [2.05, 4.69) is 41.4 Å². The molecule has 1 unspecified atom stereocenters. The molecule has 2 heterocycles. The van der Waals surface area contributed by atoms with Crippen molar-refractivity contribution in [3.05, 3.63) is 64.2 Å². The van der Waals surface area contributed by atoms with E-state index in [9.17, 15) is 4.79 Å². The maximum absolute atomic E-state index is 12.8. The van der Waals surface area contributed by atoms with Gasteiger partial charge in [0.1, 0.15) is 13.2 Å². The van der Waals surface area contributed by atoms with Crippen LogP contribution < -0.4 is 14.8 Å². The summed E-state index contributed by atoms with van der Waals surface area (Å²) >= 11 is 6.29. The van der Waals surface area contributed by atoms with Gasteiger partial charge in [0, 0.05) is 25.7 Å². The number of halogens is 1. The van der Waals surface area contributed by atoms with E-state index in [0.717, 1.165) is 44.0 Å². The van der Waals surface area contributed by atoms with Crippen molar-refractivity contribution in [3.8, 4) is 11.5 Å². The Balaban J connectivity index is 1.46. The highest BCUT2D eigenvalue weighted by molar-refractivity contribution is 6.32. The maximum atomic E-state index is 12.8. The fourth-order valence-corrected chi connectivity index (χ4v) is 3.97. The molecule has 0 spiro atoms. The van der Waals surface area contributed by atoms with Crippen LogP contribution in [-0.2, 0) is 9.53 Å². The van der Waals surface area contributed by atoms with Crippen molar-refractivity contribution in [2.24, 2.45) is 0 Å². The molecule has 0 radical (unpaired) electrons. The van der Waals surface area contributed by atoms with Gasteiger partial charge in [-0.2, -0.15) is 0 Å². The van der Waals surface area contributed by atoms with Crippen LogP contribution in [0.15, 0.2) is 42.5 Å². The summed E-state index contributed by atoms with van der Waals surface area (Å²) in [6.45, 7) is 6.93. The van der Waals surface area contributed by atoms with Crippen LogP contribution >= 0.6 is 11.6 Å². The van der Waals surface area contributed by atoms with Gasteiger partial charge in [-0.15, -0.1) is 0 Å². The van der Waals surface area contributed by atoms with E-state index < -0.39 is 0 Å². The molecule has 7 heteroatoms. The zero-order valence-corrected chi connectivity index (χ0v) is 18.4. The zero-order valence-electron chi connectivity index (χ0n) is 17.6. The quantitative estimate of drug-likeness (QED) is 0.692. The minimum Gasteiger partial charge on any atom is -0.486 e. The first-order chi connectivity index (χ1) is 15.1. The molecule has 31 heavy (non-hydrogen) atoms. The largest absolute Gasteiger partial charge is 0.486 e. The number of benzene rings is 2. The average Bonchev–Trinajstić information content (AvgIpc) is 2.79. The van der Waals surface area contributed by atoms with E-state index in [0.29, 0.717) is 29.7 Å². The van der Waals surface area contributed by atoms with Crippen LogP contribution in [0.1, 0.15) is 22.7 Å². The van der Waals surface area contributed by atoms with Crippen molar-refractivity contribution in [2.75, 3.05) is 46.1 Å². The predicted octanol–water partition coefficient (Wildman–Crippen LogP) is 3.62. The zero-order chi connectivity index (χ0) is 21.6. The molecule has 2 aromatic rings. The third-order valence-electron chi connectivity index (χ3n) is 5.39. The smallest absolute Gasteiger partial charge is 0.244 e. The average molecular weight is 443 g/mol. The summed E-state index contributed by atoms with van der Waals surface area (Å²) < 4.78 is 16.6. The molecule has 1 fully saturated rings. The lowest BCUT2D eigenvalue weighted by Crippen LogP contribution is -2.42. The van der Waals surface area contributed by atoms with Crippen molar-refractivity contribution < 1.29 is 19.0 Å². The Labute approximate surface area is 187 Å². The van der Waals surface area contributed by atoms with Crippen LogP contribution in [-0.4, -0.2) is 56.9 Å². The number of aryl methyl sites for hydroxylation is 1. The number of ether oxygens (including phenoxy) is 3. The summed E-state index contributed by atoms with van der Waals surface area (Å²) in [4.78, 5) is 15.1. The fourth-order valence-electron chi connectivity index (χ4n) is 3.69. The molecule has 2 aromatic carbocycles. The number of hydrogen-bond acceptors (Lipinski definition) is 5. The van der Waals surface area contributed by atoms with Gasteiger partial charge in [-0.1, -0.05) is 41.4 Å². The highest BCUT2D eigenvalue weighted by Crippen LogP contribution is 2.38. The molecule has 0 aromatic heterocycles. The Morgan fingerprint density at radius 3 is 2.65 bits per heavy atom. The Hall–Kier alpha value is -2.54. The maximum Gasteiger partial charge on any atom is 0.244 e. The number of rotatable bonds is 6. The van der Waals surface area contributed by atoms with Gasteiger partial charge in [0.25, 0.3) is 0 Å². The number of carbonyl (C=O) groups is 1. The van der Waals surface area contributed by atoms with Crippen molar-refractivity contribution in [3.63, 3.8) is 0 Å². The van der Waals surface area contributed by atoms with Gasteiger partial charge in [0.05, 0.1) is 24.3 Å². The molecule has 0 aliphatic carbocycles. The van der Waals surface area contributed by atoms with E-state index in [1.165, 1.54) is 11.6 Å². The highest BCUT2D eigenvalue weighted by atomic mass is 35.5. The number of carbonyl (C=O) groups excluding carboxylic acids is 1. The molecule has 0 saturated carbocycles. The molecular formula is C24H27ClN2O4. The molecule has 0 bridgehead atoms. The van der Waals surface area contributed by atoms with E-state index >= 15 is 0 Å². The molecule has 2 aliphatic heterocycles. The molecular weight excluding hydrogens is 416 g/mol. The Morgan fingerprint density at radius 1 is 1.13 bits per heavy atom. The van der Waals surface area contributed by atoms with E-state index in [1.807, 2.05) is 6.07 Å². The minimum absolute atomic E-state index is 0.111. The van der Waals surface area contributed by atoms with Gasteiger partial charge in [-0.05, 0) is 36.3 Å². The molecule has 1 N–H and O–H groups in total. The van der Waals surface area contributed by atoms with E-state index in [4.69, 9.17) is 25.8 Å². The molecule has 4 rings (SSSR count). The van der Waals surface area contributed by atoms with Crippen LogP contribution in [0.2, 0.25) is 5.02 Å².